The molecule has 13 heavy (non-hydrogen) atoms. The van der Waals surface area contributed by atoms with Gasteiger partial charge in [-0.15, -0.1) is 0 Å². The molecule has 1 rings (SSSR count). The van der Waals surface area contributed by atoms with Gasteiger partial charge in [0.25, 0.3) is 0 Å². The number of rotatable bonds is 3. The number of aromatic nitrogens is 1. The highest BCUT2D eigenvalue weighted by molar-refractivity contribution is 7.91. The van der Waals surface area contributed by atoms with Crippen molar-refractivity contribution in [2.75, 3.05) is 0 Å². The Kier molecular flexibility index (Phi) is 2.75. The van der Waals surface area contributed by atoms with Gasteiger partial charge in [0.15, 0.2) is 9.84 Å². The van der Waals surface area contributed by atoms with E-state index in [9.17, 15) is 8.42 Å². The zero-order chi connectivity index (χ0) is 10.1. The molecule has 0 aliphatic heterocycles. The minimum Gasteiger partial charge on any atom is -0.445 e. The van der Waals surface area contributed by atoms with Gasteiger partial charge in [0.2, 0.25) is 5.89 Å². The molecule has 0 spiro atoms. The molecule has 0 bridgehead atoms. The second kappa shape index (κ2) is 3.49. The van der Waals surface area contributed by atoms with E-state index >= 15 is 0 Å². The molecular formula is C8H13NO3S. The molecular weight excluding hydrogens is 190 g/mol. The van der Waals surface area contributed by atoms with Crippen molar-refractivity contribution in [2.24, 2.45) is 0 Å². The predicted octanol–water partition coefficient (Wildman–Crippen LogP) is 1.31. The van der Waals surface area contributed by atoms with Gasteiger partial charge in [-0.3, -0.25) is 0 Å². The maximum absolute atomic E-state index is 11.4. The van der Waals surface area contributed by atoms with Gasteiger partial charge in [-0.2, -0.15) is 0 Å². The fourth-order valence-electron chi connectivity index (χ4n) is 0.807. The van der Waals surface area contributed by atoms with Gasteiger partial charge < -0.3 is 4.42 Å². The third kappa shape index (κ3) is 2.55. The molecule has 0 fully saturated rings. The largest absolute Gasteiger partial charge is 0.445 e. The normalized spacial score (nSPS) is 12.3. The first-order valence-corrected chi connectivity index (χ1v) is 5.76. The monoisotopic (exact) mass is 203 g/mol. The summed E-state index contributed by atoms with van der Waals surface area (Å²) in [6.45, 7) is 5.02. The van der Waals surface area contributed by atoms with Crippen LogP contribution in [-0.2, 0) is 15.6 Å². The molecule has 0 aromatic carbocycles. The fourth-order valence-corrected chi connectivity index (χ4v) is 1.62. The summed E-state index contributed by atoms with van der Waals surface area (Å²) in [5.41, 5.74) is 0. The summed E-state index contributed by atoms with van der Waals surface area (Å²) in [7, 11) is -3.09. The van der Waals surface area contributed by atoms with Crippen LogP contribution in [0.3, 0.4) is 0 Å². The number of aryl methyl sites for hydroxylation is 1. The molecule has 4 nitrogen and oxygen atoms in total. The van der Waals surface area contributed by atoms with Crippen LogP contribution in [0.25, 0.3) is 0 Å². The lowest BCUT2D eigenvalue weighted by atomic mass is 10.6. The lowest BCUT2D eigenvalue weighted by Crippen LogP contribution is -2.16. The molecule has 1 aromatic rings. The lowest BCUT2D eigenvalue weighted by Gasteiger charge is -2.03. The smallest absolute Gasteiger partial charge is 0.209 e. The van der Waals surface area contributed by atoms with Crippen molar-refractivity contribution in [2.45, 2.75) is 31.8 Å². The highest BCUT2D eigenvalue weighted by Crippen LogP contribution is 2.10. The minimum atomic E-state index is -3.09. The van der Waals surface area contributed by atoms with Gasteiger partial charge in [-0.1, -0.05) is 0 Å². The van der Waals surface area contributed by atoms with Crippen LogP contribution >= 0.6 is 0 Å². The summed E-state index contributed by atoms with van der Waals surface area (Å²) < 4.78 is 27.9. The Hall–Kier alpha value is -0.840. The summed E-state index contributed by atoms with van der Waals surface area (Å²) in [6.07, 6.45) is 1.52. The molecule has 5 heteroatoms. The van der Waals surface area contributed by atoms with Gasteiger partial charge in [-0.05, 0) is 20.8 Å². The van der Waals surface area contributed by atoms with E-state index in [1.165, 1.54) is 6.20 Å². The van der Waals surface area contributed by atoms with E-state index in [0.29, 0.717) is 5.76 Å². The number of nitrogens with zero attached hydrogens (tertiary/aromatic N) is 1. The van der Waals surface area contributed by atoms with E-state index in [4.69, 9.17) is 4.42 Å². The second-order valence-corrected chi connectivity index (χ2v) is 5.78. The molecule has 0 N–H and O–H groups in total. The lowest BCUT2D eigenvalue weighted by molar-refractivity contribution is 0.483. The van der Waals surface area contributed by atoms with Gasteiger partial charge in [0, 0.05) is 0 Å². The van der Waals surface area contributed by atoms with Crippen molar-refractivity contribution < 1.29 is 12.8 Å². The van der Waals surface area contributed by atoms with Crippen LogP contribution < -0.4 is 0 Å². The van der Waals surface area contributed by atoms with E-state index in [0.717, 1.165) is 0 Å². The van der Waals surface area contributed by atoms with Crippen LogP contribution in [0, 0.1) is 6.92 Å². The average molecular weight is 203 g/mol. The SMILES string of the molecule is Cc1cnc(CS(=O)(=O)C(C)C)o1. The van der Waals surface area contributed by atoms with Gasteiger partial charge >= 0.3 is 0 Å². The summed E-state index contributed by atoms with van der Waals surface area (Å²) in [4.78, 5) is 3.84. The van der Waals surface area contributed by atoms with E-state index in [2.05, 4.69) is 4.98 Å². The first-order chi connectivity index (χ1) is 5.92. The first-order valence-electron chi connectivity index (χ1n) is 4.04. The van der Waals surface area contributed by atoms with Crippen LogP contribution in [0.15, 0.2) is 10.6 Å². The predicted molar refractivity (Wildman–Crippen MR) is 49.0 cm³/mol. The van der Waals surface area contributed by atoms with Crippen molar-refractivity contribution >= 4 is 9.84 Å². The van der Waals surface area contributed by atoms with Crippen molar-refractivity contribution in [1.82, 2.24) is 4.98 Å². The molecule has 0 amide bonds. The zero-order valence-corrected chi connectivity index (χ0v) is 8.76. The van der Waals surface area contributed by atoms with Gasteiger partial charge in [-0.25, -0.2) is 13.4 Å². The summed E-state index contributed by atoms with van der Waals surface area (Å²) >= 11 is 0. The second-order valence-electron chi connectivity index (χ2n) is 3.22. The minimum absolute atomic E-state index is 0.113. The zero-order valence-electron chi connectivity index (χ0n) is 7.94. The van der Waals surface area contributed by atoms with Crippen molar-refractivity contribution in [3.05, 3.63) is 17.8 Å². The van der Waals surface area contributed by atoms with E-state index in [1.807, 2.05) is 0 Å². The molecule has 0 radical (unpaired) electrons. The number of sulfone groups is 1. The van der Waals surface area contributed by atoms with Crippen molar-refractivity contribution in [1.29, 1.82) is 0 Å². The van der Waals surface area contributed by atoms with Crippen LogP contribution in [0.1, 0.15) is 25.5 Å². The molecule has 0 aliphatic rings. The molecule has 74 valence electrons. The Morgan fingerprint density at radius 2 is 2.15 bits per heavy atom. The Morgan fingerprint density at radius 1 is 1.54 bits per heavy atom. The van der Waals surface area contributed by atoms with E-state index < -0.39 is 9.84 Å². The van der Waals surface area contributed by atoms with Crippen molar-refractivity contribution in [3.8, 4) is 0 Å². The van der Waals surface area contributed by atoms with Crippen LogP contribution in [0.4, 0.5) is 0 Å². The van der Waals surface area contributed by atoms with Crippen molar-refractivity contribution in [3.63, 3.8) is 0 Å². The number of hydrogen-bond acceptors (Lipinski definition) is 4. The van der Waals surface area contributed by atoms with E-state index in [-0.39, 0.29) is 16.9 Å². The molecule has 0 aliphatic carbocycles. The topological polar surface area (TPSA) is 60.2 Å². The first kappa shape index (κ1) is 10.2. The third-order valence-electron chi connectivity index (χ3n) is 1.71. The Bertz CT molecular complexity index is 378. The summed E-state index contributed by atoms with van der Waals surface area (Å²) in [6, 6.07) is 0. The highest BCUT2D eigenvalue weighted by atomic mass is 32.2. The molecule has 1 heterocycles. The Morgan fingerprint density at radius 3 is 2.54 bits per heavy atom. The Labute approximate surface area is 77.9 Å². The number of hydrogen-bond donors (Lipinski definition) is 0. The summed E-state index contributed by atoms with van der Waals surface area (Å²) in [5.74, 6) is 0.790. The third-order valence-corrected chi connectivity index (χ3v) is 3.80. The molecule has 0 unspecified atom stereocenters. The van der Waals surface area contributed by atoms with Gasteiger partial charge in [0.1, 0.15) is 11.5 Å². The molecule has 0 atom stereocenters. The molecule has 1 aromatic heterocycles. The van der Waals surface area contributed by atoms with Crippen LogP contribution in [-0.4, -0.2) is 18.7 Å². The van der Waals surface area contributed by atoms with E-state index in [1.54, 1.807) is 20.8 Å². The Balaban J connectivity index is 2.81. The number of oxazole rings is 1. The van der Waals surface area contributed by atoms with Crippen LogP contribution in [0.5, 0.6) is 0 Å². The highest BCUT2D eigenvalue weighted by Gasteiger charge is 2.19. The fraction of sp³-hybridized carbons (Fsp3) is 0.625. The quantitative estimate of drug-likeness (QED) is 0.743. The van der Waals surface area contributed by atoms with Crippen LogP contribution in [0.2, 0.25) is 0 Å². The average Bonchev–Trinajstić information content (AvgIpc) is 2.34. The molecule has 0 saturated carbocycles. The maximum Gasteiger partial charge on any atom is 0.209 e. The molecule has 0 saturated heterocycles. The summed E-state index contributed by atoms with van der Waals surface area (Å²) in [5, 5.41) is -0.389. The van der Waals surface area contributed by atoms with Gasteiger partial charge in [0.05, 0.1) is 11.4 Å². The standard InChI is InChI=1S/C8H13NO3S/c1-6(2)13(10,11)5-8-9-4-7(3)12-8/h4,6H,5H2,1-3H3. The maximum atomic E-state index is 11.4.